The summed E-state index contributed by atoms with van der Waals surface area (Å²) in [6.07, 6.45) is 1.27. The zero-order valence-electron chi connectivity index (χ0n) is 13.3. The summed E-state index contributed by atoms with van der Waals surface area (Å²) in [7, 11) is 0. The lowest BCUT2D eigenvalue weighted by Gasteiger charge is -2.07. The Kier molecular flexibility index (Phi) is 11.2. The molecule has 22 heavy (non-hydrogen) atoms. The molecule has 0 saturated heterocycles. The highest BCUT2D eigenvalue weighted by Gasteiger charge is 2.03. The first kappa shape index (κ1) is 18.6. The Balaban J connectivity index is 1.87. The van der Waals surface area contributed by atoms with Gasteiger partial charge in [0.05, 0.1) is 39.5 Å². The maximum absolute atomic E-state index is 11.5. The molecule has 0 aliphatic carbocycles. The highest BCUT2D eigenvalue weighted by atomic mass is 16.5. The van der Waals surface area contributed by atoms with Crippen LogP contribution in [0.1, 0.15) is 25.3 Å². The fourth-order valence-corrected chi connectivity index (χ4v) is 1.65. The highest BCUT2D eigenvalue weighted by molar-refractivity contribution is 5.69. The summed E-state index contributed by atoms with van der Waals surface area (Å²) in [6, 6.07) is 9.60. The van der Waals surface area contributed by atoms with Gasteiger partial charge in [-0.1, -0.05) is 37.3 Å². The van der Waals surface area contributed by atoms with Crippen molar-refractivity contribution in [3.8, 4) is 0 Å². The Morgan fingerprint density at radius 1 is 0.864 bits per heavy atom. The zero-order valence-corrected chi connectivity index (χ0v) is 13.3. The number of carbonyl (C=O) groups excluding carboxylic acids is 1. The largest absolute Gasteiger partial charge is 0.461 e. The van der Waals surface area contributed by atoms with Crippen LogP contribution in [0.4, 0.5) is 0 Å². The van der Waals surface area contributed by atoms with Crippen molar-refractivity contribution < 1.29 is 23.7 Å². The predicted octanol–water partition coefficient (Wildman–Crippen LogP) is 2.58. The summed E-state index contributed by atoms with van der Waals surface area (Å²) in [5.41, 5.74) is 0.982. The van der Waals surface area contributed by atoms with Crippen molar-refractivity contribution in [1.29, 1.82) is 0 Å². The van der Waals surface area contributed by atoms with Gasteiger partial charge in [0.2, 0.25) is 0 Å². The quantitative estimate of drug-likeness (QED) is 0.414. The lowest BCUT2D eigenvalue weighted by atomic mass is 10.2. The first-order valence-electron chi connectivity index (χ1n) is 7.75. The van der Waals surface area contributed by atoms with Gasteiger partial charge < -0.3 is 18.9 Å². The lowest BCUT2D eigenvalue weighted by Crippen LogP contribution is -2.12. The van der Waals surface area contributed by atoms with E-state index in [0.29, 0.717) is 39.6 Å². The van der Waals surface area contributed by atoms with E-state index in [9.17, 15) is 4.79 Å². The molecule has 5 nitrogen and oxygen atoms in total. The third-order valence-corrected chi connectivity index (χ3v) is 2.79. The second kappa shape index (κ2) is 13.2. The normalized spacial score (nSPS) is 10.6. The molecule has 0 N–H and O–H groups in total. The number of benzene rings is 1. The van der Waals surface area contributed by atoms with Gasteiger partial charge in [-0.25, -0.2) is 0 Å². The van der Waals surface area contributed by atoms with Crippen molar-refractivity contribution in [2.75, 3.05) is 39.6 Å². The van der Waals surface area contributed by atoms with Crippen LogP contribution in [-0.4, -0.2) is 45.6 Å². The average Bonchev–Trinajstić information content (AvgIpc) is 2.55. The molecule has 0 unspecified atom stereocenters. The molecule has 0 aliphatic heterocycles. The number of carbonyl (C=O) groups is 1. The van der Waals surface area contributed by atoms with Gasteiger partial charge in [0, 0.05) is 6.61 Å². The van der Waals surface area contributed by atoms with Crippen molar-refractivity contribution in [1.82, 2.24) is 0 Å². The van der Waals surface area contributed by atoms with E-state index in [1.165, 1.54) is 0 Å². The first-order chi connectivity index (χ1) is 10.8. The summed E-state index contributed by atoms with van der Waals surface area (Å²) in [4.78, 5) is 11.5. The third-order valence-electron chi connectivity index (χ3n) is 2.79. The van der Waals surface area contributed by atoms with Crippen LogP contribution in [-0.2, 0) is 30.3 Å². The second-order valence-electron chi connectivity index (χ2n) is 4.73. The van der Waals surface area contributed by atoms with Gasteiger partial charge in [-0.05, 0) is 12.0 Å². The average molecular weight is 310 g/mol. The zero-order chi connectivity index (χ0) is 15.9. The van der Waals surface area contributed by atoms with Crippen LogP contribution in [0, 0.1) is 0 Å². The number of ether oxygens (including phenoxy) is 4. The van der Waals surface area contributed by atoms with E-state index < -0.39 is 0 Å². The first-order valence-corrected chi connectivity index (χ1v) is 7.75. The lowest BCUT2D eigenvalue weighted by molar-refractivity contribution is -0.146. The van der Waals surface area contributed by atoms with E-state index >= 15 is 0 Å². The van der Waals surface area contributed by atoms with Crippen LogP contribution in [0.2, 0.25) is 0 Å². The molecule has 5 heteroatoms. The Hall–Kier alpha value is -1.43. The van der Waals surface area contributed by atoms with Crippen molar-refractivity contribution in [2.24, 2.45) is 0 Å². The molecular weight excluding hydrogens is 284 g/mol. The van der Waals surface area contributed by atoms with Gasteiger partial charge in [-0.3, -0.25) is 4.79 Å². The standard InChI is InChI=1S/C17H26O5/c1-2-9-19-11-13-21-14-12-20-10-8-17(18)22-15-16-6-4-3-5-7-16/h3-7H,2,8-15H2,1H3. The summed E-state index contributed by atoms with van der Waals surface area (Å²) in [6.45, 7) is 5.66. The molecule has 0 saturated carbocycles. The predicted molar refractivity (Wildman–Crippen MR) is 83.6 cm³/mol. The molecular formula is C17H26O5. The number of hydrogen-bond acceptors (Lipinski definition) is 5. The Morgan fingerprint density at radius 2 is 1.45 bits per heavy atom. The monoisotopic (exact) mass is 310 g/mol. The third kappa shape index (κ3) is 10.3. The van der Waals surface area contributed by atoms with E-state index in [2.05, 4.69) is 6.92 Å². The Bertz CT molecular complexity index is 380. The smallest absolute Gasteiger partial charge is 0.308 e. The summed E-state index contributed by atoms with van der Waals surface area (Å²) in [5.74, 6) is -0.252. The van der Waals surface area contributed by atoms with Crippen LogP contribution in [0.15, 0.2) is 30.3 Å². The minimum absolute atomic E-state index is 0.252. The molecule has 0 aromatic heterocycles. The number of esters is 1. The van der Waals surface area contributed by atoms with Crippen molar-refractivity contribution in [3.05, 3.63) is 35.9 Å². The van der Waals surface area contributed by atoms with Gasteiger partial charge in [0.25, 0.3) is 0 Å². The number of hydrogen-bond donors (Lipinski definition) is 0. The van der Waals surface area contributed by atoms with Crippen molar-refractivity contribution in [2.45, 2.75) is 26.4 Å². The van der Waals surface area contributed by atoms with Gasteiger partial charge in [0.1, 0.15) is 6.61 Å². The van der Waals surface area contributed by atoms with E-state index in [1.54, 1.807) is 0 Å². The topological polar surface area (TPSA) is 54.0 Å². The molecule has 0 bridgehead atoms. The minimum Gasteiger partial charge on any atom is -0.461 e. The minimum atomic E-state index is -0.252. The van der Waals surface area contributed by atoms with E-state index in [4.69, 9.17) is 18.9 Å². The van der Waals surface area contributed by atoms with Gasteiger partial charge in [-0.2, -0.15) is 0 Å². The molecule has 0 atom stereocenters. The molecule has 0 heterocycles. The molecule has 0 aliphatic rings. The summed E-state index contributed by atoms with van der Waals surface area (Å²) >= 11 is 0. The van der Waals surface area contributed by atoms with Crippen LogP contribution in [0.5, 0.6) is 0 Å². The maximum Gasteiger partial charge on any atom is 0.308 e. The van der Waals surface area contributed by atoms with E-state index in [-0.39, 0.29) is 12.4 Å². The maximum atomic E-state index is 11.5. The fraction of sp³-hybridized carbons (Fsp3) is 0.588. The van der Waals surface area contributed by atoms with Crippen LogP contribution >= 0.6 is 0 Å². The molecule has 1 aromatic rings. The van der Waals surface area contributed by atoms with Crippen LogP contribution < -0.4 is 0 Å². The molecule has 0 amide bonds. The van der Waals surface area contributed by atoms with Crippen molar-refractivity contribution in [3.63, 3.8) is 0 Å². The Morgan fingerprint density at radius 3 is 2.09 bits per heavy atom. The highest BCUT2D eigenvalue weighted by Crippen LogP contribution is 2.01. The number of rotatable bonds is 13. The molecule has 1 rings (SSSR count). The molecule has 0 spiro atoms. The van der Waals surface area contributed by atoms with Gasteiger partial charge >= 0.3 is 5.97 Å². The van der Waals surface area contributed by atoms with Gasteiger partial charge in [0.15, 0.2) is 0 Å². The second-order valence-corrected chi connectivity index (χ2v) is 4.73. The molecule has 124 valence electrons. The van der Waals surface area contributed by atoms with Crippen LogP contribution in [0.25, 0.3) is 0 Å². The van der Waals surface area contributed by atoms with Crippen molar-refractivity contribution >= 4 is 5.97 Å². The SMILES string of the molecule is CCCOCCOCCOCCC(=O)OCc1ccccc1. The molecule has 0 radical (unpaired) electrons. The summed E-state index contributed by atoms with van der Waals surface area (Å²) < 4.78 is 21.1. The van der Waals surface area contributed by atoms with E-state index in [1.807, 2.05) is 30.3 Å². The summed E-state index contributed by atoms with van der Waals surface area (Å²) in [5, 5.41) is 0. The molecule has 1 aromatic carbocycles. The van der Waals surface area contributed by atoms with E-state index in [0.717, 1.165) is 18.6 Å². The van der Waals surface area contributed by atoms with Crippen LogP contribution in [0.3, 0.4) is 0 Å². The van der Waals surface area contributed by atoms with Gasteiger partial charge in [-0.15, -0.1) is 0 Å². The molecule has 0 fully saturated rings. The fourth-order valence-electron chi connectivity index (χ4n) is 1.65. The Labute approximate surface area is 132 Å².